The molecule has 2 saturated heterocycles. The van der Waals surface area contributed by atoms with E-state index >= 15 is 0 Å². The molecule has 1 N–H and O–H groups in total. The number of aromatic nitrogens is 5. The third-order valence-electron chi connectivity index (χ3n) is 8.01. The summed E-state index contributed by atoms with van der Waals surface area (Å²) in [5.74, 6) is 2.62. The number of H-pyrrole nitrogens is 1. The number of fused-ring (bicyclic) bond motifs is 1. The number of pyridine rings is 1. The molecule has 1 aliphatic carbocycles. The van der Waals surface area contributed by atoms with Gasteiger partial charge in [0, 0.05) is 43.2 Å². The zero-order chi connectivity index (χ0) is 27.2. The van der Waals surface area contributed by atoms with E-state index in [1.165, 1.54) is 6.07 Å². The highest BCUT2D eigenvalue weighted by Gasteiger charge is 2.48. The summed E-state index contributed by atoms with van der Waals surface area (Å²) in [6.45, 7) is 1.45. The fourth-order valence-electron chi connectivity index (χ4n) is 5.50. The molecule has 204 valence electrons. The van der Waals surface area contributed by atoms with E-state index < -0.39 is 18.1 Å². The van der Waals surface area contributed by atoms with E-state index in [-0.39, 0.29) is 49.0 Å². The van der Waals surface area contributed by atoms with E-state index in [1.807, 2.05) is 17.0 Å². The van der Waals surface area contributed by atoms with Gasteiger partial charge < -0.3 is 14.5 Å². The molecule has 3 aliphatic rings. The fraction of sp³-hybridized carbons (Fsp3) is 0.519. The normalized spacial score (nSPS) is 21.2. The summed E-state index contributed by atoms with van der Waals surface area (Å²) in [6, 6.07) is 3.48. The van der Waals surface area contributed by atoms with Crippen LogP contribution in [0.3, 0.4) is 0 Å². The van der Waals surface area contributed by atoms with Crippen LogP contribution in [0.5, 0.6) is 6.01 Å². The minimum atomic E-state index is -4.50. The van der Waals surface area contributed by atoms with Crippen LogP contribution >= 0.6 is 0 Å². The third-order valence-corrected chi connectivity index (χ3v) is 8.01. The second-order valence-electron chi connectivity index (χ2n) is 10.6. The van der Waals surface area contributed by atoms with Gasteiger partial charge in [-0.05, 0) is 50.7 Å². The fourth-order valence-corrected chi connectivity index (χ4v) is 5.50. The van der Waals surface area contributed by atoms with Crippen molar-refractivity contribution in [3.8, 4) is 18.4 Å². The third kappa shape index (κ3) is 4.97. The zero-order valence-electron chi connectivity index (χ0n) is 21.2. The number of ether oxygens (including phenoxy) is 1. The Morgan fingerprint density at radius 2 is 2.00 bits per heavy atom. The number of aromatic amines is 1. The van der Waals surface area contributed by atoms with Crippen molar-refractivity contribution in [2.24, 2.45) is 5.41 Å². The van der Waals surface area contributed by atoms with Gasteiger partial charge in [0.25, 0.3) is 5.91 Å². The summed E-state index contributed by atoms with van der Waals surface area (Å²) in [4.78, 5) is 29.3. The van der Waals surface area contributed by atoms with Crippen LogP contribution in [0.25, 0.3) is 11.0 Å². The van der Waals surface area contributed by atoms with Gasteiger partial charge >= 0.3 is 12.2 Å². The molecule has 0 spiro atoms. The van der Waals surface area contributed by atoms with Gasteiger partial charge in [-0.1, -0.05) is 5.92 Å². The lowest BCUT2D eigenvalue weighted by Gasteiger charge is -2.32. The van der Waals surface area contributed by atoms with Gasteiger partial charge in [-0.25, -0.2) is 4.98 Å². The molecule has 1 amide bonds. The van der Waals surface area contributed by atoms with E-state index in [2.05, 4.69) is 31.1 Å². The second kappa shape index (κ2) is 9.70. The molecule has 2 aliphatic heterocycles. The molecule has 9 nitrogen and oxygen atoms in total. The summed E-state index contributed by atoms with van der Waals surface area (Å²) in [5.41, 5.74) is 1.23. The Kier molecular flexibility index (Phi) is 6.32. The Labute approximate surface area is 223 Å². The van der Waals surface area contributed by atoms with Crippen LogP contribution in [0.4, 0.5) is 19.0 Å². The summed E-state index contributed by atoms with van der Waals surface area (Å²) >= 11 is 0. The Morgan fingerprint density at radius 3 is 2.72 bits per heavy atom. The molecule has 12 heteroatoms. The molecule has 3 fully saturated rings. The van der Waals surface area contributed by atoms with Crippen LogP contribution in [-0.4, -0.2) is 74.4 Å². The highest BCUT2D eigenvalue weighted by molar-refractivity contribution is 5.93. The smallest absolute Gasteiger partial charge is 0.408 e. The van der Waals surface area contributed by atoms with Crippen molar-refractivity contribution in [1.82, 2.24) is 30.0 Å². The largest absolute Gasteiger partial charge is 0.462 e. The van der Waals surface area contributed by atoms with E-state index in [0.29, 0.717) is 18.9 Å². The minimum absolute atomic E-state index is 0.0244. The molecular weight excluding hydrogens is 511 g/mol. The number of amides is 1. The first-order valence-electron chi connectivity index (χ1n) is 13.2. The van der Waals surface area contributed by atoms with Crippen molar-refractivity contribution in [2.75, 3.05) is 31.1 Å². The van der Waals surface area contributed by atoms with Crippen LogP contribution in [0.15, 0.2) is 24.4 Å². The molecule has 3 aromatic heterocycles. The summed E-state index contributed by atoms with van der Waals surface area (Å²) in [7, 11) is 0. The lowest BCUT2D eigenvalue weighted by Crippen LogP contribution is -2.45. The average Bonchev–Trinajstić information content (AvgIpc) is 3.33. The lowest BCUT2D eigenvalue weighted by molar-refractivity contribution is -0.169. The Bertz CT molecular complexity index is 1420. The summed E-state index contributed by atoms with van der Waals surface area (Å²) in [6.07, 6.45) is 6.21. The quantitative estimate of drug-likeness (QED) is 0.471. The Morgan fingerprint density at radius 1 is 1.21 bits per heavy atom. The van der Waals surface area contributed by atoms with Gasteiger partial charge in [-0.15, -0.1) is 6.42 Å². The number of piperidine rings is 1. The number of hydrogen-bond donors (Lipinski definition) is 1. The van der Waals surface area contributed by atoms with Gasteiger partial charge in [0.15, 0.2) is 5.65 Å². The van der Waals surface area contributed by atoms with Gasteiger partial charge in [0.05, 0.1) is 11.1 Å². The van der Waals surface area contributed by atoms with Crippen LogP contribution in [0.1, 0.15) is 60.6 Å². The average molecular weight is 540 g/mol. The number of terminal acetylenes is 1. The highest BCUT2D eigenvalue weighted by Crippen LogP contribution is 2.45. The molecule has 1 unspecified atom stereocenters. The predicted molar refractivity (Wildman–Crippen MR) is 136 cm³/mol. The van der Waals surface area contributed by atoms with Gasteiger partial charge in [0.2, 0.25) is 0 Å². The lowest BCUT2D eigenvalue weighted by atomic mass is 9.92. The first-order chi connectivity index (χ1) is 18.8. The molecule has 0 bridgehead atoms. The summed E-state index contributed by atoms with van der Waals surface area (Å²) < 4.78 is 46.6. The van der Waals surface area contributed by atoms with E-state index in [0.717, 1.165) is 47.3 Å². The van der Waals surface area contributed by atoms with Crippen molar-refractivity contribution in [2.45, 2.75) is 56.7 Å². The molecule has 0 radical (unpaired) electrons. The first-order valence-corrected chi connectivity index (χ1v) is 13.2. The van der Waals surface area contributed by atoms with Crippen LogP contribution in [0.2, 0.25) is 0 Å². The zero-order valence-corrected chi connectivity index (χ0v) is 21.2. The molecule has 3 aromatic rings. The Balaban J connectivity index is 1.24. The van der Waals surface area contributed by atoms with Crippen molar-refractivity contribution >= 4 is 22.8 Å². The molecule has 1 saturated carbocycles. The second-order valence-corrected chi connectivity index (χ2v) is 10.6. The molecule has 6 rings (SSSR count). The maximum Gasteiger partial charge on any atom is 0.408 e. The Hall–Kier alpha value is -3.88. The van der Waals surface area contributed by atoms with Crippen molar-refractivity contribution < 1.29 is 22.7 Å². The van der Waals surface area contributed by atoms with Gasteiger partial charge in [0.1, 0.15) is 24.2 Å². The molecule has 1 atom stereocenters. The van der Waals surface area contributed by atoms with Crippen molar-refractivity contribution in [3.05, 3.63) is 35.8 Å². The number of carbonyl (C=O) groups excluding carboxylic acids is 1. The minimum Gasteiger partial charge on any atom is -0.462 e. The SMILES string of the molecule is C#CC1(COc2nc(C(=O)N3CCCC3C(F)(F)F)cc(N3CCC(c4n[nH]c5ncccc45)CC3)n2)CC1. The van der Waals surface area contributed by atoms with Gasteiger partial charge in [-0.3, -0.25) is 9.89 Å². The van der Waals surface area contributed by atoms with E-state index in [1.54, 1.807) is 6.20 Å². The number of carbonyl (C=O) groups is 1. The molecule has 5 heterocycles. The van der Waals surface area contributed by atoms with Gasteiger partial charge in [-0.2, -0.15) is 28.2 Å². The maximum absolute atomic E-state index is 13.6. The van der Waals surface area contributed by atoms with Crippen LogP contribution < -0.4 is 9.64 Å². The van der Waals surface area contributed by atoms with Crippen LogP contribution in [-0.2, 0) is 0 Å². The number of alkyl halides is 3. The van der Waals surface area contributed by atoms with E-state index in [9.17, 15) is 18.0 Å². The van der Waals surface area contributed by atoms with Crippen LogP contribution in [0, 0.1) is 17.8 Å². The van der Waals surface area contributed by atoms with Crippen molar-refractivity contribution in [3.63, 3.8) is 0 Å². The number of anilines is 1. The highest BCUT2D eigenvalue weighted by atomic mass is 19.4. The number of nitrogens with one attached hydrogen (secondary N) is 1. The number of nitrogens with zero attached hydrogens (tertiary/aromatic N) is 6. The molecule has 0 aromatic carbocycles. The number of halogens is 3. The number of hydrogen-bond acceptors (Lipinski definition) is 7. The number of likely N-dealkylation sites (tertiary alicyclic amines) is 1. The molecule has 39 heavy (non-hydrogen) atoms. The maximum atomic E-state index is 13.6. The first kappa shape index (κ1) is 25.4. The molecular formula is C27H28F3N7O2. The summed E-state index contributed by atoms with van der Waals surface area (Å²) in [5, 5.41) is 8.47. The predicted octanol–water partition coefficient (Wildman–Crippen LogP) is 4.09. The standard InChI is InChI=1S/C27H28F3N7O2/c1-2-26(9-10-26)16-39-25-32-19(24(38)37-12-4-6-20(37)27(28,29)30)15-21(33-25)36-13-7-17(8-14-36)22-18-5-3-11-31-23(18)35-34-22/h1,3,5,11,15,17,20H,4,6-10,12-14,16H2,(H,31,34,35). The topological polar surface area (TPSA) is 100 Å². The monoisotopic (exact) mass is 539 g/mol. The van der Waals surface area contributed by atoms with Crippen molar-refractivity contribution in [1.29, 1.82) is 0 Å². The number of rotatable bonds is 6. The van der Waals surface area contributed by atoms with E-state index in [4.69, 9.17) is 11.2 Å².